The van der Waals surface area contributed by atoms with E-state index >= 15 is 0 Å². The number of hydrogen-bond donors (Lipinski definition) is 0. The fourth-order valence-electron chi connectivity index (χ4n) is 2.67. The summed E-state index contributed by atoms with van der Waals surface area (Å²) in [6, 6.07) is 1.93. The molecule has 1 aromatic rings. The number of hydrogen-bond acceptors (Lipinski definition) is 5. The maximum absolute atomic E-state index is 12.4. The van der Waals surface area contributed by atoms with E-state index in [9.17, 15) is 9.59 Å². The van der Waals surface area contributed by atoms with Crippen molar-refractivity contribution in [1.29, 1.82) is 0 Å². The molecular formula is C18H27NO5. The van der Waals surface area contributed by atoms with Gasteiger partial charge in [0.05, 0.1) is 19.3 Å². The second-order valence-electron chi connectivity index (χ2n) is 5.75. The summed E-state index contributed by atoms with van der Waals surface area (Å²) in [4.78, 5) is 24.2. The van der Waals surface area contributed by atoms with Crippen LogP contribution in [0.3, 0.4) is 0 Å². The zero-order valence-electron chi connectivity index (χ0n) is 15.1. The number of ketones is 1. The molecule has 0 spiro atoms. The van der Waals surface area contributed by atoms with E-state index in [4.69, 9.17) is 14.2 Å². The Morgan fingerprint density at radius 3 is 2.58 bits per heavy atom. The summed E-state index contributed by atoms with van der Waals surface area (Å²) in [5, 5.41) is 0. The lowest BCUT2D eigenvalue weighted by atomic mass is 10.1. The predicted molar refractivity (Wildman–Crippen MR) is 91.4 cm³/mol. The minimum Gasteiger partial charge on any atom is -0.455 e. The van der Waals surface area contributed by atoms with Gasteiger partial charge in [0.25, 0.3) is 0 Å². The van der Waals surface area contributed by atoms with Crippen LogP contribution in [0.15, 0.2) is 18.7 Å². The average Bonchev–Trinajstić information content (AvgIpc) is 2.84. The first kappa shape index (κ1) is 20.1. The van der Waals surface area contributed by atoms with E-state index in [0.29, 0.717) is 12.2 Å². The van der Waals surface area contributed by atoms with Crippen LogP contribution in [-0.4, -0.2) is 49.4 Å². The molecule has 0 bridgehead atoms. The molecule has 134 valence electrons. The fraction of sp³-hybridized carbons (Fsp3) is 0.556. The maximum Gasteiger partial charge on any atom is 0.335 e. The SMILES string of the molecule is C=CCOC(C)C(=O)OCC(=O)c1cc(C)n(C(C)COC)c1C. The largest absolute Gasteiger partial charge is 0.455 e. The van der Waals surface area contributed by atoms with Crippen LogP contribution in [0.1, 0.15) is 41.6 Å². The minimum atomic E-state index is -0.732. The van der Waals surface area contributed by atoms with Gasteiger partial charge in [-0.2, -0.15) is 0 Å². The number of nitrogens with zero attached hydrogens (tertiary/aromatic N) is 1. The Balaban J connectivity index is 2.74. The summed E-state index contributed by atoms with van der Waals surface area (Å²) in [5.41, 5.74) is 2.37. The molecule has 2 unspecified atom stereocenters. The number of carbonyl (C=O) groups is 2. The molecule has 0 saturated carbocycles. The Bertz CT molecular complexity index is 590. The van der Waals surface area contributed by atoms with Crippen LogP contribution in [0.25, 0.3) is 0 Å². The van der Waals surface area contributed by atoms with Crippen molar-refractivity contribution >= 4 is 11.8 Å². The zero-order valence-corrected chi connectivity index (χ0v) is 15.1. The lowest BCUT2D eigenvalue weighted by Crippen LogP contribution is -2.26. The molecule has 6 heteroatoms. The van der Waals surface area contributed by atoms with Gasteiger partial charge in [0.2, 0.25) is 5.78 Å². The number of esters is 1. The number of methoxy groups -OCH3 is 1. The molecule has 6 nitrogen and oxygen atoms in total. The Kier molecular flexibility index (Phi) is 7.88. The van der Waals surface area contributed by atoms with Gasteiger partial charge in [-0.25, -0.2) is 4.79 Å². The standard InChI is InChI=1S/C18H27NO5/c1-7-8-23-15(5)18(21)24-11-17(20)16-9-12(2)19(14(16)4)13(3)10-22-6/h7,9,13,15H,1,8,10-11H2,2-6H3. The molecule has 0 aliphatic heterocycles. The average molecular weight is 337 g/mol. The number of aromatic nitrogens is 1. The van der Waals surface area contributed by atoms with Crippen molar-refractivity contribution < 1.29 is 23.8 Å². The molecule has 0 radical (unpaired) electrons. The monoisotopic (exact) mass is 337 g/mol. The van der Waals surface area contributed by atoms with E-state index in [1.807, 2.05) is 31.4 Å². The van der Waals surface area contributed by atoms with Crippen molar-refractivity contribution in [3.63, 3.8) is 0 Å². The van der Waals surface area contributed by atoms with Crippen molar-refractivity contribution in [2.24, 2.45) is 0 Å². The zero-order chi connectivity index (χ0) is 18.3. The maximum atomic E-state index is 12.4. The molecule has 24 heavy (non-hydrogen) atoms. The van der Waals surface area contributed by atoms with E-state index < -0.39 is 12.1 Å². The van der Waals surface area contributed by atoms with Gasteiger partial charge in [-0.05, 0) is 33.8 Å². The molecular weight excluding hydrogens is 310 g/mol. The third kappa shape index (κ3) is 5.04. The van der Waals surface area contributed by atoms with E-state index in [1.54, 1.807) is 20.1 Å². The van der Waals surface area contributed by atoms with E-state index in [2.05, 4.69) is 6.58 Å². The van der Waals surface area contributed by atoms with Gasteiger partial charge in [0.15, 0.2) is 12.7 Å². The smallest absolute Gasteiger partial charge is 0.335 e. The number of Topliss-reactive ketones (excluding diaryl/α,β-unsaturated/α-hetero) is 1. The summed E-state index contributed by atoms with van der Waals surface area (Å²) in [6.07, 6.45) is 0.815. The third-order valence-electron chi connectivity index (χ3n) is 3.77. The molecule has 1 rings (SSSR count). The number of aryl methyl sites for hydroxylation is 1. The van der Waals surface area contributed by atoms with E-state index in [0.717, 1.165) is 11.4 Å². The molecule has 0 aliphatic carbocycles. The fourth-order valence-corrected chi connectivity index (χ4v) is 2.67. The number of rotatable bonds is 10. The Labute approximate surface area is 143 Å². The van der Waals surface area contributed by atoms with E-state index in [-0.39, 0.29) is 25.0 Å². The normalized spacial score (nSPS) is 13.4. The molecule has 0 fully saturated rings. The first-order valence-electron chi connectivity index (χ1n) is 7.93. The Morgan fingerprint density at radius 1 is 1.33 bits per heavy atom. The molecule has 0 aliphatic rings. The van der Waals surface area contributed by atoms with Crippen LogP contribution >= 0.6 is 0 Å². The molecule has 0 amide bonds. The van der Waals surface area contributed by atoms with Gasteiger partial charge in [-0.1, -0.05) is 6.08 Å². The van der Waals surface area contributed by atoms with Crippen LogP contribution in [-0.2, 0) is 19.0 Å². The first-order chi connectivity index (χ1) is 11.3. The summed E-state index contributed by atoms with van der Waals surface area (Å²) in [5.74, 6) is -0.796. The lowest BCUT2D eigenvalue weighted by Gasteiger charge is -2.17. The van der Waals surface area contributed by atoms with Gasteiger partial charge in [-0.3, -0.25) is 4.79 Å². The minimum absolute atomic E-state index is 0.117. The van der Waals surface area contributed by atoms with Crippen molar-refractivity contribution in [2.45, 2.75) is 39.8 Å². The van der Waals surface area contributed by atoms with Crippen LogP contribution in [0, 0.1) is 13.8 Å². The Morgan fingerprint density at radius 2 is 2.00 bits per heavy atom. The van der Waals surface area contributed by atoms with Crippen molar-refractivity contribution in [1.82, 2.24) is 4.57 Å². The second-order valence-corrected chi connectivity index (χ2v) is 5.75. The van der Waals surface area contributed by atoms with Crippen LogP contribution < -0.4 is 0 Å². The highest BCUT2D eigenvalue weighted by Gasteiger charge is 2.21. The molecule has 0 N–H and O–H groups in total. The number of ether oxygens (including phenoxy) is 3. The third-order valence-corrected chi connectivity index (χ3v) is 3.77. The van der Waals surface area contributed by atoms with Crippen LogP contribution in [0.4, 0.5) is 0 Å². The quantitative estimate of drug-likeness (QED) is 0.373. The topological polar surface area (TPSA) is 66.8 Å². The van der Waals surface area contributed by atoms with E-state index in [1.165, 1.54) is 0 Å². The predicted octanol–water partition coefficient (Wildman–Crippen LogP) is 2.63. The first-order valence-corrected chi connectivity index (χ1v) is 7.93. The summed E-state index contributed by atoms with van der Waals surface area (Å²) >= 11 is 0. The van der Waals surface area contributed by atoms with Gasteiger partial charge < -0.3 is 18.8 Å². The summed E-state index contributed by atoms with van der Waals surface area (Å²) < 4.78 is 17.5. The van der Waals surface area contributed by atoms with Crippen molar-refractivity contribution in [3.8, 4) is 0 Å². The molecule has 0 saturated heterocycles. The molecule has 1 heterocycles. The van der Waals surface area contributed by atoms with Crippen molar-refractivity contribution in [3.05, 3.63) is 35.7 Å². The highest BCUT2D eigenvalue weighted by Crippen LogP contribution is 2.21. The number of carbonyl (C=O) groups excluding carboxylic acids is 2. The lowest BCUT2D eigenvalue weighted by molar-refractivity contribution is -0.154. The summed E-state index contributed by atoms with van der Waals surface area (Å²) in [6.45, 7) is 11.4. The van der Waals surface area contributed by atoms with Crippen LogP contribution in [0.5, 0.6) is 0 Å². The van der Waals surface area contributed by atoms with Gasteiger partial charge in [0, 0.05) is 24.1 Å². The Hall–Kier alpha value is -1.92. The highest BCUT2D eigenvalue weighted by atomic mass is 16.6. The van der Waals surface area contributed by atoms with Gasteiger partial charge in [0.1, 0.15) is 0 Å². The highest BCUT2D eigenvalue weighted by molar-refractivity contribution is 5.99. The second kappa shape index (κ2) is 9.39. The van der Waals surface area contributed by atoms with Crippen LogP contribution in [0.2, 0.25) is 0 Å². The molecule has 1 aromatic heterocycles. The van der Waals surface area contributed by atoms with Gasteiger partial charge in [-0.15, -0.1) is 6.58 Å². The summed E-state index contributed by atoms with van der Waals surface area (Å²) in [7, 11) is 1.64. The van der Waals surface area contributed by atoms with Crippen molar-refractivity contribution in [2.75, 3.05) is 26.9 Å². The van der Waals surface area contributed by atoms with Gasteiger partial charge >= 0.3 is 5.97 Å². The molecule has 2 atom stereocenters. The molecule has 0 aromatic carbocycles.